The summed E-state index contributed by atoms with van der Waals surface area (Å²) in [7, 11) is 1.46. The molecule has 5 atom stereocenters. The van der Waals surface area contributed by atoms with Crippen molar-refractivity contribution in [3.05, 3.63) is 0 Å². The Morgan fingerprint density at radius 2 is 1.94 bits per heavy atom. The summed E-state index contributed by atoms with van der Waals surface area (Å²) in [4.78, 5) is 12.1. The Bertz CT molecular complexity index is 389. The summed E-state index contributed by atoms with van der Waals surface area (Å²) in [5.41, 5.74) is 0.0456. The first kappa shape index (κ1) is 11.5. The van der Waals surface area contributed by atoms with E-state index < -0.39 is 0 Å². The van der Waals surface area contributed by atoms with E-state index in [1.165, 1.54) is 7.11 Å². The zero-order chi connectivity index (χ0) is 12.6. The van der Waals surface area contributed by atoms with Crippen molar-refractivity contribution in [1.82, 2.24) is 0 Å². The van der Waals surface area contributed by atoms with Gasteiger partial charge in [0.1, 0.15) is 0 Å². The maximum atomic E-state index is 12.1. The first-order valence-corrected chi connectivity index (χ1v) is 6.56. The monoisotopic (exact) mass is 238 g/mol. The summed E-state index contributed by atoms with van der Waals surface area (Å²) in [5, 5.41) is 10.6. The van der Waals surface area contributed by atoms with Gasteiger partial charge in [0.25, 0.3) is 0 Å². The van der Waals surface area contributed by atoms with Crippen molar-refractivity contribution in [3.8, 4) is 0 Å². The second-order valence-electron chi connectivity index (χ2n) is 7.21. The Balaban J connectivity index is 2.07. The molecule has 3 saturated carbocycles. The van der Waals surface area contributed by atoms with Gasteiger partial charge in [-0.3, -0.25) is 4.79 Å². The molecule has 3 heteroatoms. The minimum atomic E-state index is -0.319. The highest BCUT2D eigenvalue weighted by Crippen LogP contribution is 2.83. The molecule has 0 amide bonds. The van der Waals surface area contributed by atoms with Gasteiger partial charge in [-0.2, -0.15) is 0 Å². The van der Waals surface area contributed by atoms with Gasteiger partial charge in [0.05, 0.1) is 19.1 Å². The van der Waals surface area contributed by atoms with Crippen LogP contribution in [0.1, 0.15) is 40.0 Å². The number of carbonyl (C=O) groups is 1. The molecular weight excluding hydrogens is 216 g/mol. The van der Waals surface area contributed by atoms with Gasteiger partial charge in [0.2, 0.25) is 0 Å². The topological polar surface area (TPSA) is 46.5 Å². The van der Waals surface area contributed by atoms with Crippen LogP contribution in [0.15, 0.2) is 0 Å². The second-order valence-corrected chi connectivity index (χ2v) is 7.21. The van der Waals surface area contributed by atoms with Crippen LogP contribution >= 0.6 is 0 Å². The molecule has 0 heterocycles. The molecule has 0 radical (unpaired) electrons. The molecule has 1 unspecified atom stereocenters. The molecular formula is C14H22O3. The minimum absolute atomic E-state index is 0.0159. The third-order valence-electron chi connectivity index (χ3n) is 6.22. The van der Waals surface area contributed by atoms with Gasteiger partial charge in [-0.15, -0.1) is 0 Å². The summed E-state index contributed by atoms with van der Waals surface area (Å²) < 4.78 is 4.99. The van der Waals surface area contributed by atoms with E-state index in [4.69, 9.17) is 4.74 Å². The Labute approximate surface area is 103 Å². The van der Waals surface area contributed by atoms with Crippen LogP contribution in [0.2, 0.25) is 0 Å². The summed E-state index contributed by atoms with van der Waals surface area (Å²) in [6.45, 7) is 6.52. The van der Waals surface area contributed by atoms with Gasteiger partial charge >= 0.3 is 5.97 Å². The lowest BCUT2D eigenvalue weighted by molar-refractivity contribution is -0.153. The Morgan fingerprint density at radius 3 is 2.53 bits per heavy atom. The first-order valence-electron chi connectivity index (χ1n) is 6.56. The number of fused-ring (bicyclic) bond motifs is 1. The molecule has 3 aliphatic rings. The highest BCUT2D eigenvalue weighted by Gasteiger charge is 2.83. The standard InChI is InChI=1S/C14H22O3/c1-12(2)5-6-14-7-13(14,3)9(11(16)17-4)8(12)10(14)15/h8-10,15H,5-7H2,1-4H3/t8-,9-,10?,13+,14+/m1/s1. The zero-order valence-corrected chi connectivity index (χ0v) is 11.1. The largest absolute Gasteiger partial charge is 0.469 e. The molecule has 96 valence electrons. The van der Waals surface area contributed by atoms with E-state index >= 15 is 0 Å². The zero-order valence-electron chi connectivity index (χ0n) is 11.1. The summed E-state index contributed by atoms with van der Waals surface area (Å²) in [6.07, 6.45) is 2.84. The highest BCUT2D eigenvalue weighted by molar-refractivity contribution is 5.76. The summed E-state index contributed by atoms with van der Waals surface area (Å²) in [6, 6.07) is 0. The van der Waals surface area contributed by atoms with Crippen LogP contribution in [0.4, 0.5) is 0 Å². The quantitative estimate of drug-likeness (QED) is 0.711. The van der Waals surface area contributed by atoms with Crippen molar-refractivity contribution >= 4 is 5.97 Å². The van der Waals surface area contributed by atoms with E-state index in [2.05, 4.69) is 20.8 Å². The molecule has 17 heavy (non-hydrogen) atoms. The molecule has 2 bridgehead atoms. The van der Waals surface area contributed by atoms with E-state index in [1.807, 2.05) is 0 Å². The average molecular weight is 238 g/mol. The van der Waals surface area contributed by atoms with Crippen LogP contribution in [-0.2, 0) is 9.53 Å². The van der Waals surface area contributed by atoms with Crippen LogP contribution in [-0.4, -0.2) is 24.3 Å². The Morgan fingerprint density at radius 1 is 1.29 bits per heavy atom. The van der Waals surface area contributed by atoms with Gasteiger partial charge in [-0.1, -0.05) is 20.8 Å². The maximum absolute atomic E-state index is 12.1. The van der Waals surface area contributed by atoms with Gasteiger partial charge in [0, 0.05) is 11.3 Å². The van der Waals surface area contributed by atoms with E-state index in [9.17, 15) is 9.90 Å². The van der Waals surface area contributed by atoms with Crippen LogP contribution < -0.4 is 0 Å². The predicted molar refractivity (Wildman–Crippen MR) is 63.2 cm³/mol. The van der Waals surface area contributed by atoms with Crippen molar-refractivity contribution in [2.24, 2.45) is 28.1 Å². The lowest BCUT2D eigenvalue weighted by atomic mass is 9.62. The number of carbonyl (C=O) groups excluding carboxylic acids is 1. The number of ether oxygens (including phenoxy) is 1. The molecule has 3 fully saturated rings. The predicted octanol–water partition coefficient (Wildman–Crippen LogP) is 1.98. The van der Waals surface area contributed by atoms with Crippen molar-refractivity contribution < 1.29 is 14.6 Å². The van der Waals surface area contributed by atoms with E-state index in [0.29, 0.717) is 0 Å². The van der Waals surface area contributed by atoms with E-state index in [1.54, 1.807) is 0 Å². The smallest absolute Gasteiger partial charge is 0.309 e. The molecule has 3 aliphatic carbocycles. The Hall–Kier alpha value is -0.570. The van der Waals surface area contributed by atoms with Crippen molar-refractivity contribution in [1.29, 1.82) is 0 Å². The lowest BCUT2D eigenvalue weighted by Crippen LogP contribution is -2.45. The number of methoxy groups -OCH3 is 1. The molecule has 0 aromatic rings. The van der Waals surface area contributed by atoms with Crippen LogP contribution in [0.5, 0.6) is 0 Å². The molecule has 0 aromatic carbocycles. The SMILES string of the molecule is COC(=O)[C@H]1[C@@H]2C(O)[C@]3(CCC2(C)C)C[C@@]13C. The van der Waals surface area contributed by atoms with Crippen LogP contribution in [0.3, 0.4) is 0 Å². The fourth-order valence-electron chi connectivity index (χ4n) is 5.04. The molecule has 3 nitrogen and oxygen atoms in total. The summed E-state index contributed by atoms with van der Waals surface area (Å²) >= 11 is 0. The van der Waals surface area contributed by atoms with Crippen LogP contribution in [0, 0.1) is 28.1 Å². The third-order valence-corrected chi connectivity index (χ3v) is 6.22. The van der Waals surface area contributed by atoms with Crippen molar-refractivity contribution in [2.45, 2.75) is 46.1 Å². The summed E-state index contributed by atoms with van der Waals surface area (Å²) in [5.74, 6) is -0.159. The van der Waals surface area contributed by atoms with Gasteiger partial charge in [0.15, 0.2) is 0 Å². The molecule has 3 rings (SSSR count). The molecule has 0 aliphatic heterocycles. The van der Waals surface area contributed by atoms with Crippen molar-refractivity contribution in [3.63, 3.8) is 0 Å². The number of esters is 1. The Kier molecular flexibility index (Phi) is 1.95. The van der Waals surface area contributed by atoms with Crippen molar-refractivity contribution in [2.75, 3.05) is 7.11 Å². The first-order chi connectivity index (χ1) is 7.80. The number of hydrogen-bond acceptors (Lipinski definition) is 3. The average Bonchev–Trinajstić information content (AvgIpc) is 2.82. The number of rotatable bonds is 1. The normalized spacial score (nSPS) is 54.1. The number of aliphatic hydroxyl groups excluding tert-OH is 1. The third kappa shape index (κ3) is 1.05. The fraction of sp³-hybridized carbons (Fsp3) is 0.929. The molecule has 1 N–H and O–H groups in total. The molecule has 0 aromatic heterocycles. The lowest BCUT2D eigenvalue weighted by Gasteiger charge is -2.44. The van der Waals surface area contributed by atoms with E-state index in [-0.39, 0.29) is 40.2 Å². The number of hydrogen-bond donors (Lipinski definition) is 1. The second kappa shape index (κ2) is 2.87. The van der Waals surface area contributed by atoms with Gasteiger partial charge in [-0.05, 0) is 30.1 Å². The van der Waals surface area contributed by atoms with Crippen LogP contribution in [0.25, 0.3) is 0 Å². The highest BCUT2D eigenvalue weighted by atomic mass is 16.5. The fourth-order valence-corrected chi connectivity index (χ4v) is 5.04. The molecule has 0 saturated heterocycles. The van der Waals surface area contributed by atoms with E-state index in [0.717, 1.165) is 19.3 Å². The van der Waals surface area contributed by atoms with Gasteiger partial charge in [-0.25, -0.2) is 0 Å². The maximum Gasteiger partial charge on any atom is 0.309 e. The minimum Gasteiger partial charge on any atom is -0.469 e. The molecule has 1 spiro atoms. The number of aliphatic hydroxyl groups is 1. The van der Waals surface area contributed by atoms with Gasteiger partial charge < -0.3 is 9.84 Å².